The van der Waals surface area contributed by atoms with Crippen molar-refractivity contribution in [2.24, 2.45) is 46.8 Å². The summed E-state index contributed by atoms with van der Waals surface area (Å²) in [6.45, 7) is 4.53. The van der Waals surface area contributed by atoms with E-state index in [1.165, 1.54) is 5.57 Å². The highest BCUT2D eigenvalue weighted by Crippen LogP contribution is 2.78. The molecule has 0 aromatic carbocycles. The highest BCUT2D eigenvalue weighted by Gasteiger charge is 2.76. The lowest BCUT2D eigenvalue weighted by Crippen LogP contribution is -2.58. The first kappa shape index (κ1) is 19.8. The van der Waals surface area contributed by atoms with E-state index >= 15 is 0 Å². The molecule has 4 heteroatoms. The van der Waals surface area contributed by atoms with Crippen LogP contribution in [0.2, 0.25) is 0 Å². The van der Waals surface area contributed by atoms with E-state index in [0.29, 0.717) is 60.1 Å². The predicted molar refractivity (Wildman–Crippen MR) is 110 cm³/mol. The number of carbonyl (C=O) groups excluding carboxylic acids is 1. The zero-order valence-corrected chi connectivity index (χ0v) is 17.9. The summed E-state index contributed by atoms with van der Waals surface area (Å²) in [6, 6.07) is 0. The van der Waals surface area contributed by atoms with Crippen molar-refractivity contribution in [2.75, 3.05) is 0 Å². The van der Waals surface area contributed by atoms with Gasteiger partial charge in [0.25, 0.3) is 0 Å². The third kappa shape index (κ3) is 2.60. The largest absolute Gasteiger partial charge is 0.481 e. The number of aliphatic hydroxyl groups is 1. The maximum Gasteiger partial charge on any atom is 0.303 e. The third-order valence-electron chi connectivity index (χ3n) is 10.2. The molecule has 29 heavy (non-hydrogen) atoms. The van der Waals surface area contributed by atoms with Gasteiger partial charge in [0.15, 0.2) is 5.78 Å². The summed E-state index contributed by atoms with van der Waals surface area (Å²) < 4.78 is 0. The molecule has 0 bridgehead atoms. The van der Waals surface area contributed by atoms with Crippen molar-refractivity contribution >= 4 is 11.8 Å². The van der Waals surface area contributed by atoms with Crippen LogP contribution in [0.3, 0.4) is 0 Å². The Balaban J connectivity index is 1.52. The van der Waals surface area contributed by atoms with Crippen molar-refractivity contribution in [3.05, 3.63) is 11.6 Å². The summed E-state index contributed by atoms with van der Waals surface area (Å²) in [5.41, 5.74) is 0.526. The molecule has 2 N–H and O–H groups in total. The van der Waals surface area contributed by atoms with Crippen molar-refractivity contribution in [3.8, 4) is 0 Å². The van der Waals surface area contributed by atoms with E-state index in [-0.39, 0.29) is 11.8 Å². The average molecular weight is 401 g/mol. The van der Waals surface area contributed by atoms with Gasteiger partial charge in [-0.05, 0) is 92.4 Å². The molecule has 4 nitrogen and oxygen atoms in total. The van der Waals surface area contributed by atoms with E-state index in [2.05, 4.69) is 13.8 Å². The third-order valence-corrected chi connectivity index (χ3v) is 10.2. The second-order valence-electron chi connectivity index (χ2n) is 10.8. The Morgan fingerprint density at radius 1 is 1.24 bits per heavy atom. The van der Waals surface area contributed by atoms with E-state index in [1.807, 2.05) is 6.08 Å². The predicted octanol–water partition coefficient (Wildman–Crippen LogP) is 4.61. The van der Waals surface area contributed by atoms with E-state index < -0.39 is 11.6 Å². The fourth-order valence-electron chi connectivity index (χ4n) is 9.13. The van der Waals surface area contributed by atoms with Crippen molar-refractivity contribution < 1.29 is 19.8 Å². The molecular weight excluding hydrogens is 364 g/mol. The van der Waals surface area contributed by atoms with E-state index in [1.54, 1.807) is 0 Å². The number of allylic oxidation sites excluding steroid dienone is 1. The SMILES string of the molecule is CC[C@@H]1CC2=CC(=O)CC[C@@H]2[C@H]2CC[C@@]3(CC)[C@@H]([C@H]4C[C@H]4[C@@]3(O)CCC(=O)O)[C@H]12. The normalized spacial score (nSPS) is 50.1. The van der Waals surface area contributed by atoms with Crippen LogP contribution >= 0.6 is 0 Å². The number of aliphatic carboxylic acids is 1. The van der Waals surface area contributed by atoms with Crippen LogP contribution in [-0.2, 0) is 9.59 Å². The molecule has 0 amide bonds. The summed E-state index contributed by atoms with van der Waals surface area (Å²) in [4.78, 5) is 23.4. The first-order valence-corrected chi connectivity index (χ1v) is 12.0. The fourth-order valence-corrected chi connectivity index (χ4v) is 9.13. The first-order valence-electron chi connectivity index (χ1n) is 12.0. The van der Waals surface area contributed by atoms with Crippen molar-refractivity contribution in [2.45, 2.75) is 83.7 Å². The van der Waals surface area contributed by atoms with Crippen LogP contribution in [0, 0.1) is 46.8 Å². The quantitative estimate of drug-likeness (QED) is 0.707. The summed E-state index contributed by atoms with van der Waals surface area (Å²) in [6.07, 6.45) is 10.6. The summed E-state index contributed by atoms with van der Waals surface area (Å²) in [5, 5.41) is 21.3. The van der Waals surface area contributed by atoms with Gasteiger partial charge in [-0.15, -0.1) is 0 Å². The van der Waals surface area contributed by atoms with Crippen molar-refractivity contribution in [3.63, 3.8) is 0 Å². The maximum absolute atomic E-state index is 12.1. The maximum atomic E-state index is 12.1. The Kier molecular flexibility index (Phi) is 4.55. The molecule has 0 radical (unpaired) electrons. The molecule has 5 aliphatic carbocycles. The molecule has 4 fully saturated rings. The van der Waals surface area contributed by atoms with Gasteiger partial charge in [-0.2, -0.15) is 0 Å². The lowest BCUT2D eigenvalue weighted by atomic mass is 9.45. The second-order valence-corrected chi connectivity index (χ2v) is 10.8. The number of carboxylic acid groups (broad SMARTS) is 1. The van der Waals surface area contributed by atoms with Crippen LogP contribution in [0.5, 0.6) is 0 Å². The standard InChI is InChI=1S/C25H36O4/c1-3-14-11-15-12-16(26)5-6-17(15)18-7-9-24(4-2)23(22(14)18)19-13-20(19)25(24,29)10-8-21(27)28/h12,14,17-20,22-23,29H,3-11,13H2,1-2H3,(H,27,28)/t14-,17+,18-,19+,20-,22-,23+,24+,25+/m1/s1. The van der Waals surface area contributed by atoms with Gasteiger partial charge < -0.3 is 10.2 Å². The Morgan fingerprint density at radius 3 is 2.72 bits per heavy atom. The van der Waals surface area contributed by atoms with Crippen LogP contribution in [0.1, 0.15) is 78.1 Å². The lowest BCUT2D eigenvalue weighted by molar-refractivity contribution is -0.168. The Hall–Kier alpha value is -1.16. The molecule has 5 aliphatic rings. The molecule has 0 aromatic heterocycles. The molecule has 160 valence electrons. The van der Waals surface area contributed by atoms with Crippen molar-refractivity contribution in [1.82, 2.24) is 0 Å². The van der Waals surface area contributed by atoms with Gasteiger partial charge >= 0.3 is 5.97 Å². The first-order chi connectivity index (χ1) is 13.9. The fraction of sp³-hybridized carbons (Fsp3) is 0.840. The van der Waals surface area contributed by atoms with Crippen LogP contribution in [0.25, 0.3) is 0 Å². The molecular formula is C25H36O4. The number of ketones is 1. The van der Waals surface area contributed by atoms with Gasteiger partial charge in [0, 0.05) is 18.3 Å². The molecule has 0 unspecified atom stereocenters. The zero-order chi connectivity index (χ0) is 20.6. The minimum Gasteiger partial charge on any atom is -0.481 e. The van der Waals surface area contributed by atoms with E-state index in [4.69, 9.17) is 0 Å². The Morgan fingerprint density at radius 2 is 2.03 bits per heavy atom. The van der Waals surface area contributed by atoms with E-state index in [0.717, 1.165) is 44.9 Å². The highest BCUT2D eigenvalue weighted by molar-refractivity contribution is 5.91. The Labute approximate surface area is 174 Å². The zero-order valence-electron chi connectivity index (χ0n) is 17.9. The van der Waals surface area contributed by atoms with Crippen molar-refractivity contribution in [1.29, 1.82) is 0 Å². The van der Waals surface area contributed by atoms with Gasteiger partial charge in [-0.1, -0.05) is 25.8 Å². The highest BCUT2D eigenvalue weighted by atomic mass is 16.4. The number of fused-ring (bicyclic) bond motifs is 7. The summed E-state index contributed by atoms with van der Waals surface area (Å²) >= 11 is 0. The number of hydrogen-bond donors (Lipinski definition) is 2. The second kappa shape index (κ2) is 6.67. The molecule has 0 saturated heterocycles. The molecule has 0 aromatic rings. The topological polar surface area (TPSA) is 74.6 Å². The van der Waals surface area contributed by atoms with Gasteiger partial charge in [0.05, 0.1) is 5.60 Å². The molecule has 0 heterocycles. The van der Waals surface area contributed by atoms with E-state index in [9.17, 15) is 19.8 Å². The smallest absolute Gasteiger partial charge is 0.303 e. The van der Waals surface area contributed by atoms with Crippen LogP contribution in [0.4, 0.5) is 0 Å². The summed E-state index contributed by atoms with van der Waals surface area (Å²) in [7, 11) is 0. The van der Waals surface area contributed by atoms with Gasteiger partial charge in [-0.25, -0.2) is 0 Å². The van der Waals surface area contributed by atoms with Crippen LogP contribution in [0.15, 0.2) is 11.6 Å². The minimum atomic E-state index is -0.794. The van der Waals surface area contributed by atoms with Crippen LogP contribution < -0.4 is 0 Å². The average Bonchev–Trinajstić information content (AvgIpc) is 3.47. The number of carboxylic acids is 1. The number of hydrogen-bond acceptors (Lipinski definition) is 3. The molecule has 9 atom stereocenters. The molecule has 0 spiro atoms. The molecule has 0 aliphatic heterocycles. The van der Waals surface area contributed by atoms with Gasteiger partial charge in [-0.3, -0.25) is 9.59 Å². The van der Waals surface area contributed by atoms with Gasteiger partial charge in [0.1, 0.15) is 0 Å². The number of rotatable bonds is 5. The lowest BCUT2D eigenvalue weighted by Gasteiger charge is -2.60. The van der Waals surface area contributed by atoms with Gasteiger partial charge in [0.2, 0.25) is 0 Å². The molecule has 4 saturated carbocycles. The minimum absolute atomic E-state index is 0.0805. The summed E-state index contributed by atoms with van der Waals surface area (Å²) in [5.74, 6) is 3.43. The Bertz CT molecular complexity index is 756. The number of carbonyl (C=O) groups is 2. The molecule has 5 rings (SSSR count). The monoisotopic (exact) mass is 400 g/mol. The van der Waals surface area contributed by atoms with Crippen LogP contribution in [-0.4, -0.2) is 27.6 Å².